The Morgan fingerprint density at radius 3 is 1.05 bits per heavy atom. The second-order valence-electron chi connectivity index (χ2n) is 29.9. The number of carbonyl (C=O) groups is 1. The molecule has 0 radical (unpaired) electrons. The maximum atomic E-state index is 13.5. The number of aliphatic hydroxyl groups is 11. The van der Waals surface area contributed by atoms with Crippen molar-refractivity contribution in [1.82, 2.24) is 5.32 Å². The maximum absolute atomic E-state index is 13.5. The number of carbonyl (C=O) groups excluding carboxylic acids is 1. The van der Waals surface area contributed by atoms with Crippen LogP contribution < -0.4 is 5.32 Å². The van der Waals surface area contributed by atoms with Crippen molar-refractivity contribution in [3.05, 3.63) is 60.8 Å². The van der Waals surface area contributed by atoms with E-state index in [2.05, 4.69) is 79.9 Å². The molecule has 0 spiro atoms. The minimum Gasteiger partial charge on any atom is -0.394 e. The van der Waals surface area contributed by atoms with Crippen LogP contribution in [0.25, 0.3) is 0 Å². The highest BCUT2D eigenvalue weighted by Gasteiger charge is 2.54. The molecule has 19 nitrogen and oxygen atoms in total. The Labute approximate surface area is 624 Å². The molecule has 3 saturated heterocycles. The molecule has 1 amide bonds. The monoisotopic (exact) mass is 1460 g/mol. The Balaban J connectivity index is 1.33. The Bertz CT molecular complexity index is 2090. The molecule has 0 aromatic carbocycles. The van der Waals surface area contributed by atoms with Crippen LogP contribution in [0.3, 0.4) is 0 Å². The third kappa shape index (κ3) is 44.1. The Morgan fingerprint density at radius 2 is 0.670 bits per heavy atom. The summed E-state index contributed by atoms with van der Waals surface area (Å²) >= 11 is 0. The van der Waals surface area contributed by atoms with Crippen LogP contribution in [0, 0.1) is 0 Å². The lowest BCUT2D eigenvalue weighted by atomic mass is 9.96. The molecule has 3 heterocycles. The van der Waals surface area contributed by atoms with Gasteiger partial charge in [0, 0.05) is 6.42 Å². The summed E-state index contributed by atoms with van der Waals surface area (Å²) in [4.78, 5) is 13.5. The first-order chi connectivity index (χ1) is 50.3. The second kappa shape index (κ2) is 64.3. The summed E-state index contributed by atoms with van der Waals surface area (Å²) in [7, 11) is 0. The molecule has 3 rings (SSSR count). The van der Waals surface area contributed by atoms with Crippen molar-refractivity contribution < 1.29 is 89.4 Å². The molecule has 0 aromatic heterocycles. The summed E-state index contributed by atoms with van der Waals surface area (Å²) < 4.78 is 34.6. The van der Waals surface area contributed by atoms with Crippen LogP contribution in [-0.2, 0) is 33.2 Å². The van der Waals surface area contributed by atoms with E-state index in [-0.39, 0.29) is 18.9 Å². The Hall–Kier alpha value is -2.51. The molecule has 3 aliphatic rings. The zero-order valence-corrected chi connectivity index (χ0v) is 64.5. The smallest absolute Gasteiger partial charge is 0.220 e. The molecule has 3 aliphatic heterocycles. The summed E-state index contributed by atoms with van der Waals surface area (Å²) in [5.74, 6) is -0.238. The third-order valence-corrected chi connectivity index (χ3v) is 20.9. The lowest BCUT2D eigenvalue weighted by Gasteiger charge is -2.48. The molecule has 17 unspecified atom stereocenters. The normalized spacial score (nSPS) is 26.3. The van der Waals surface area contributed by atoms with E-state index < -0.39 is 124 Å². The van der Waals surface area contributed by atoms with Crippen LogP contribution in [-0.4, -0.2) is 193 Å². The van der Waals surface area contributed by atoms with Crippen molar-refractivity contribution in [2.24, 2.45) is 0 Å². The van der Waals surface area contributed by atoms with E-state index in [4.69, 9.17) is 28.4 Å². The van der Waals surface area contributed by atoms with E-state index >= 15 is 0 Å². The molecule has 3 fully saturated rings. The number of rotatable bonds is 67. The second-order valence-corrected chi connectivity index (χ2v) is 29.9. The van der Waals surface area contributed by atoms with Gasteiger partial charge in [0.05, 0.1) is 38.6 Å². The van der Waals surface area contributed by atoms with Gasteiger partial charge in [-0.3, -0.25) is 4.79 Å². The molecule has 602 valence electrons. The molecule has 0 saturated carbocycles. The van der Waals surface area contributed by atoms with Crippen LogP contribution in [0.4, 0.5) is 0 Å². The fraction of sp³-hybridized carbons (Fsp3) is 0.869. The molecule has 0 aromatic rings. The number of hydrogen-bond donors (Lipinski definition) is 12. The Kier molecular flexibility index (Phi) is 59.1. The minimum absolute atomic E-state index is 0.238. The molecule has 19 heteroatoms. The van der Waals surface area contributed by atoms with Crippen LogP contribution in [0.1, 0.15) is 335 Å². The van der Waals surface area contributed by atoms with Gasteiger partial charge in [0.15, 0.2) is 18.9 Å². The lowest BCUT2D eigenvalue weighted by Crippen LogP contribution is -2.66. The van der Waals surface area contributed by atoms with Crippen molar-refractivity contribution in [2.45, 2.75) is 439 Å². The van der Waals surface area contributed by atoms with Gasteiger partial charge in [0.1, 0.15) is 73.2 Å². The topological polar surface area (TPSA) is 307 Å². The van der Waals surface area contributed by atoms with E-state index in [1.807, 2.05) is 0 Å². The van der Waals surface area contributed by atoms with Gasteiger partial charge < -0.3 is 89.9 Å². The molecule has 0 aliphatic carbocycles. The fourth-order valence-electron chi connectivity index (χ4n) is 14.2. The number of allylic oxidation sites excluding steroid dienone is 10. The molecule has 17 atom stereocenters. The van der Waals surface area contributed by atoms with Gasteiger partial charge in [-0.05, 0) is 57.8 Å². The first kappa shape index (κ1) is 94.7. The summed E-state index contributed by atoms with van der Waals surface area (Å²) in [6.45, 7) is 1.74. The van der Waals surface area contributed by atoms with E-state index in [0.29, 0.717) is 12.8 Å². The highest BCUT2D eigenvalue weighted by molar-refractivity contribution is 5.76. The first-order valence-electron chi connectivity index (χ1n) is 42.0. The zero-order chi connectivity index (χ0) is 74.6. The zero-order valence-electron chi connectivity index (χ0n) is 64.5. The average Bonchev–Trinajstić information content (AvgIpc) is 0.781. The van der Waals surface area contributed by atoms with Crippen molar-refractivity contribution in [2.75, 3.05) is 26.4 Å². The van der Waals surface area contributed by atoms with Gasteiger partial charge in [-0.15, -0.1) is 0 Å². The Morgan fingerprint density at radius 1 is 0.359 bits per heavy atom. The minimum atomic E-state index is -1.97. The lowest BCUT2D eigenvalue weighted by molar-refractivity contribution is -0.379. The summed E-state index contributed by atoms with van der Waals surface area (Å²) in [5.41, 5.74) is 0. The number of amides is 1. The van der Waals surface area contributed by atoms with Crippen molar-refractivity contribution in [1.29, 1.82) is 0 Å². The SMILES string of the molecule is CC/C=C\C/C=C\C/C=C\C/C=C\C/C=C\CCCCCCCCCCCCCCCCCCCCCC(=O)NC(COC1OC(CO)C(OC2OC(CO)C(OC3OC(CO)C(O)C(O)C3O)C(O)C2O)C(O)C1O)C(O)CCCCCCCCCCCCCCCCCCCCCCCCC. The number of unbranched alkanes of at least 4 members (excludes halogenated alkanes) is 41. The molecule has 103 heavy (non-hydrogen) atoms. The van der Waals surface area contributed by atoms with Crippen molar-refractivity contribution >= 4 is 5.91 Å². The van der Waals surface area contributed by atoms with E-state index in [9.17, 15) is 61.0 Å². The predicted molar refractivity (Wildman–Crippen MR) is 411 cm³/mol. The quantitative estimate of drug-likeness (QED) is 0.0199. The van der Waals surface area contributed by atoms with Gasteiger partial charge in [-0.25, -0.2) is 0 Å². The maximum Gasteiger partial charge on any atom is 0.220 e. The van der Waals surface area contributed by atoms with E-state index in [1.54, 1.807) is 0 Å². The fourth-order valence-corrected chi connectivity index (χ4v) is 14.2. The molecule has 0 bridgehead atoms. The predicted octanol–water partition coefficient (Wildman–Crippen LogP) is 14.6. The number of hydrogen-bond acceptors (Lipinski definition) is 18. The molecule has 12 N–H and O–H groups in total. The third-order valence-electron chi connectivity index (χ3n) is 20.9. The number of aliphatic hydroxyl groups excluding tert-OH is 11. The summed E-state index contributed by atoms with van der Waals surface area (Å²) in [6.07, 6.45) is 56.0. The highest BCUT2D eigenvalue weighted by atomic mass is 16.8. The molecular weight excluding hydrogens is 1310 g/mol. The summed E-state index contributed by atoms with van der Waals surface area (Å²) in [5, 5.41) is 121. The van der Waals surface area contributed by atoms with Crippen molar-refractivity contribution in [3.63, 3.8) is 0 Å². The van der Waals surface area contributed by atoms with Crippen LogP contribution in [0.15, 0.2) is 60.8 Å². The average molecular weight is 1470 g/mol. The van der Waals surface area contributed by atoms with Gasteiger partial charge >= 0.3 is 0 Å². The first-order valence-corrected chi connectivity index (χ1v) is 42.0. The van der Waals surface area contributed by atoms with Crippen LogP contribution in [0.5, 0.6) is 0 Å². The van der Waals surface area contributed by atoms with E-state index in [1.165, 1.54) is 225 Å². The largest absolute Gasteiger partial charge is 0.394 e. The van der Waals surface area contributed by atoms with Crippen LogP contribution in [0.2, 0.25) is 0 Å². The van der Waals surface area contributed by atoms with Crippen LogP contribution >= 0.6 is 0 Å². The van der Waals surface area contributed by atoms with Gasteiger partial charge in [0.2, 0.25) is 5.91 Å². The number of ether oxygens (including phenoxy) is 6. The van der Waals surface area contributed by atoms with Gasteiger partial charge in [-0.1, -0.05) is 331 Å². The van der Waals surface area contributed by atoms with Gasteiger partial charge in [0.25, 0.3) is 0 Å². The standard InChI is InChI=1S/C84H153NO18/c1-3-5-7-9-11-13-15-17-19-21-23-25-27-28-29-30-31-32-33-34-35-36-37-38-40-42-44-46-48-50-52-54-56-58-60-62-72(90)85-67(68(89)61-59-57-55-53-51-49-47-45-43-41-39-26-24-22-20-18-16-14-12-10-8-6-4-2)66-98-82-78(96)75(93)80(70(64-87)100-82)103-84-79(97)76(94)81(71(65-88)101-84)102-83-77(95)74(92)73(91)69(63-86)99-83/h5,7,11,13,17,19,23,25,28-29,67-71,73-84,86-89,91-97H,3-4,6,8-10,12,14-16,18,20-22,24,26-27,30-66H2,1-2H3,(H,85,90)/b7-5-,13-11-,19-17-,25-23-,29-28-. The summed E-state index contributed by atoms with van der Waals surface area (Å²) in [6, 6.07) is -0.889. The number of nitrogens with one attached hydrogen (secondary N) is 1. The van der Waals surface area contributed by atoms with E-state index in [0.717, 1.165) is 77.0 Å². The van der Waals surface area contributed by atoms with Crippen molar-refractivity contribution in [3.8, 4) is 0 Å². The highest BCUT2D eigenvalue weighted by Crippen LogP contribution is 2.33. The molecular formula is C84H153NO18. The van der Waals surface area contributed by atoms with Gasteiger partial charge in [-0.2, -0.15) is 0 Å².